The number of ether oxygens (including phenoxy) is 2. The first-order valence-electron chi connectivity index (χ1n) is 7.72. The second-order valence-corrected chi connectivity index (χ2v) is 9.08. The molecule has 0 bridgehead atoms. The van der Waals surface area contributed by atoms with Gasteiger partial charge in [-0.05, 0) is 25.1 Å². The first kappa shape index (κ1) is 19.1. The highest BCUT2D eigenvalue weighted by Crippen LogP contribution is 2.37. The first-order chi connectivity index (χ1) is 11.5. The van der Waals surface area contributed by atoms with Gasteiger partial charge in [-0.1, -0.05) is 15.9 Å². The van der Waals surface area contributed by atoms with Crippen molar-refractivity contribution in [1.29, 1.82) is 0 Å². The van der Waals surface area contributed by atoms with E-state index in [4.69, 9.17) is 9.47 Å². The van der Waals surface area contributed by atoms with Crippen molar-refractivity contribution >= 4 is 26.0 Å². The molecule has 2 heterocycles. The van der Waals surface area contributed by atoms with Crippen LogP contribution in [0.1, 0.15) is 25.3 Å². The van der Waals surface area contributed by atoms with Crippen molar-refractivity contribution in [1.82, 2.24) is 4.31 Å². The van der Waals surface area contributed by atoms with Gasteiger partial charge in [-0.15, -0.1) is 0 Å². The summed E-state index contributed by atoms with van der Waals surface area (Å²) >= 11 is 2.95. The summed E-state index contributed by atoms with van der Waals surface area (Å²) in [7, 11) is -4.03. The maximum absolute atomic E-state index is 13.0. The molecule has 0 aromatic heterocycles. The molecule has 25 heavy (non-hydrogen) atoms. The van der Waals surface area contributed by atoms with E-state index in [9.17, 15) is 21.6 Å². The maximum Gasteiger partial charge on any atom is 0.416 e. The third-order valence-corrected chi connectivity index (χ3v) is 6.65. The Hall–Kier alpha value is -0.680. The number of sulfonamides is 1. The van der Waals surface area contributed by atoms with Crippen molar-refractivity contribution in [2.75, 3.05) is 19.7 Å². The number of alkyl halides is 3. The fraction of sp³-hybridized carbons (Fsp3) is 0.600. The Bertz CT molecular complexity index is 761. The Morgan fingerprint density at radius 3 is 2.40 bits per heavy atom. The van der Waals surface area contributed by atoms with Gasteiger partial charge in [0.2, 0.25) is 10.0 Å². The van der Waals surface area contributed by atoms with E-state index in [1.165, 1.54) is 10.4 Å². The lowest BCUT2D eigenvalue weighted by Gasteiger charge is -2.37. The molecule has 0 saturated carbocycles. The Labute approximate surface area is 152 Å². The largest absolute Gasteiger partial charge is 0.416 e. The molecule has 2 fully saturated rings. The topological polar surface area (TPSA) is 55.8 Å². The molecule has 2 aliphatic rings. The van der Waals surface area contributed by atoms with Crippen LogP contribution in [0.5, 0.6) is 0 Å². The van der Waals surface area contributed by atoms with Crippen molar-refractivity contribution in [3.63, 3.8) is 0 Å². The van der Waals surface area contributed by atoms with Crippen molar-refractivity contribution in [2.24, 2.45) is 0 Å². The van der Waals surface area contributed by atoms with Crippen LogP contribution in [0, 0.1) is 0 Å². The molecule has 10 heteroatoms. The molecule has 1 spiro atoms. The number of halogens is 4. The van der Waals surface area contributed by atoms with Crippen LogP contribution in [-0.4, -0.2) is 44.3 Å². The molecular weight excluding hydrogens is 427 g/mol. The van der Waals surface area contributed by atoms with Crippen LogP contribution in [0.4, 0.5) is 13.2 Å². The van der Waals surface area contributed by atoms with E-state index >= 15 is 0 Å². The van der Waals surface area contributed by atoms with E-state index in [-0.39, 0.29) is 28.6 Å². The van der Waals surface area contributed by atoms with Gasteiger partial charge in [-0.25, -0.2) is 8.42 Å². The third kappa shape index (κ3) is 3.87. The van der Waals surface area contributed by atoms with Crippen LogP contribution in [0.15, 0.2) is 27.6 Å². The quantitative estimate of drug-likeness (QED) is 0.702. The lowest BCUT2D eigenvalue weighted by Crippen LogP contribution is -2.47. The van der Waals surface area contributed by atoms with Gasteiger partial charge >= 0.3 is 6.18 Å². The third-order valence-electron chi connectivity index (χ3n) is 4.32. The lowest BCUT2D eigenvalue weighted by atomic mass is 10.1. The van der Waals surface area contributed by atoms with Crippen molar-refractivity contribution < 1.29 is 31.1 Å². The number of piperidine rings is 1. The molecule has 1 aromatic rings. The van der Waals surface area contributed by atoms with E-state index in [0.29, 0.717) is 25.5 Å². The van der Waals surface area contributed by atoms with Crippen LogP contribution in [0.2, 0.25) is 0 Å². The Morgan fingerprint density at radius 1 is 1.24 bits per heavy atom. The van der Waals surface area contributed by atoms with Gasteiger partial charge in [-0.3, -0.25) is 0 Å². The predicted octanol–water partition coefficient (Wildman–Crippen LogP) is 3.38. The Kier molecular flexibility index (Phi) is 4.95. The van der Waals surface area contributed by atoms with Gasteiger partial charge in [-0.2, -0.15) is 17.5 Å². The van der Waals surface area contributed by atoms with Crippen LogP contribution in [-0.2, 0) is 25.7 Å². The molecule has 0 unspecified atom stereocenters. The van der Waals surface area contributed by atoms with Crippen molar-refractivity contribution in [2.45, 2.75) is 42.7 Å². The second-order valence-electron chi connectivity index (χ2n) is 6.23. The fourth-order valence-corrected chi connectivity index (χ4v) is 5.22. The number of rotatable bonds is 2. The van der Waals surface area contributed by atoms with Gasteiger partial charge in [0, 0.05) is 30.4 Å². The first-order valence-corrected chi connectivity index (χ1v) is 9.95. The normalized spacial score (nSPS) is 24.8. The van der Waals surface area contributed by atoms with Crippen molar-refractivity contribution in [3.05, 3.63) is 28.2 Å². The van der Waals surface area contributed by atoms with E-state index in [2.05, 4.69) is 15.9 Å². The molecule has 0 N–H and O–H groups in total. The number of nitrogens with zero attached hydrogens (tertiary/aromatic N) is 1. The summed E-state index contributed by atoms with van der Waals surface area (Å²) in [5.41, 5.74) is -1.01. The molecule has 0 amide bonds. The van der Waals surface area contributed by atoms with Gasteiger partial charge < -0.3 is 9.47 Å². The average molecular weight is 444 g/mol. The SMILES string of the molecule is C[C@H]1COC2(CCN(S(=O)(=O)c3cc(Br)cc(C(F)(F)F)c3)CC2)O1. The molecule has 0 radical (unpaired) electrons. The van der Waals surface area contributed by atoms with Crippen LogP contribution in [0.25, 0.3) is 0 Å². The van der Waals surface area contributed by atoms with E-state index in [0.717, 1.165) is 6.07 Å². The Morgan fingerprint density at radius 2 is 1.88 bits per heavy atom. The van der Waals surface area contributed by atoms with Crippen molar-refractivity contribution in [3.8, 4) is 0 Å². The van der Waals surface area contributed by atoms with Gasteiger partial charge in [0.1, 0.15) is 0 Å². The van der Waals surface area contributed by atoms with Gasteiger partial charge in [0.15, 0.2) is 5.79 Å². The van der Waals surface area contributed by atoms with Gasteiger partial charge in [0.25, 0.3) is 0 Å². The summed E-state index contributed by atoms with van der Waals surface area (Å²) in [4.78, 5) is -0.383. The monoisotopic (exact) mass is 443 g/mol. The minimum atomic E-state index is -4.62. The van der Waals surface area contributed by atoms with Crippen LogP contribution >= 0.6 is 15.9 Å². The number of benzene rings is 1. The van der Waals surface area contributed by atoms with Crippen LogP contribution < -0.4 is 0 Å². The maximum atomic E-state index is 13.0. The summed E-state index contributed by atoms with van der Waals surface area (Å²) in [5.74, 6) is -0.778. The molecule has 0 aliphatic carbocycles. The van der Waals surface area contributed by atoms with E-state index < -0.39 is 27.6 Å². The van der Waals surface area contributed by atoms with E-state index in [1.54, 1.807) is 0 Å². The fourth-order valence-electron chi connectivity index (χ4n) is 3.06. The number of hydrogen-bond acceptors (Lipinski definition) is 4. The summed E-state index contributed by atoms with van der Waals surface area (Å²) < 4.78 is 77.0. The lowest BCUT2D eigenvalue weighted by molar-refractivity contribution is -0.187. The van der Waals surface area contributed by atoms with Crippen LogP contribution in [0.3, 0.4) is 0 Å². The molecular formula is C15H17BrF3NO4S. The van der Waals surface area contributed by atoms with E-state index in [1.807, 2.05) is 6.92 Å². The predicted molar refractivity (Wildman–Crippen MR) is 86.4 cm³/mol. The summed E-state index contributed by atoms with van der Waals surface area (Å²) in [6.45, 7) is 2.58. The standard InChI is InChI=1S/C15H17BrF3NO4S/c1-10-9-23-14(24-10)2-4-20(5-3-14)25(21,22)13-7-11(15(17,18)19)6-12(16)8-13/h6-8,10H,2-5,9H2,1H3/t10-/m0/s1. The Balaban J connectivity index is 1.82. The molecule has 1 atom stereocenters. The number of hydrogen-bond donors (Lipinski definition) is 0. The summed E-state index contributed by atoms with van der Waals surface area (Å²) in [5, 5.41) is 0. The molecule has 3 rings (SSSR count). The molecule has 5 nitrogen and oxygen atoms in total. The zero-order valence-electron chi connectivity index (χ0n) is 13.3. The minimum absolute atomic E-state index is 0.0532. The minimum Gasteiger partial charge on any atom is -0.347 e. The molecule has 1 aromatic carbocycles. The average Bonchev–Trinajstić information content (AvgIpc) is 2.87. The highest BCUT2D eigenvalue weighted by molar-refractivity contribution is 9.10. The molecule has 2 saturated heterocycles. The summed E-state index contributed by atoms with van der Waals surface area (Å²) in [6.07, 6.45) is -3.99. The smallest absolute Gasteiger partial charge is 0.347 e. The summed E-state index contributed by atoms with van der Waals surface area (Å²) in [6, 6.07) is 2.69. The zero-order valence-corrected chi connectivity index (χ0v) is 15.7. The second kappa shape index (κ2) is 6.49. The highest BCUT2D eigenvalue weighted by Gasteiger charge is 2.45. The zero-order chi connectivity index (χ0) is 18.5. The molecule has 2 aliphatic heterocycles. The molecule has 140 valence electrons. The van der Waals surface area contributed by atoms with Gasteiger partial charge in [0.05, 0.1) is 23.2 Å². The highest BCUT2D eigenvalue weighted by atomic mass is 79.9.